The maximum atomic E-state index is 12.3. The predicted molar refractivity (Wildman–Crippen MR) is 78.5 cm³/mol. The molecule has 0 unspecified atom stereocenters. The molecule has 0 saturated heterocycles. The summed E-state index contributed by atoms with van der Waals surface area (Å²) in [6.07, 6.45) is 1.46. The van der Waals surface area contributed by atoms with Gasteiger partial charge in [0.2, 0.25) is 15.0 Å². The Kier molecular flexibility index (Phi) is 3.93. The van der Waals surface area contributed by atoms with Gasteiger partial charge in [-0.05, 0) is 13.0 Å². The Morgan fingerprint density at radius 3 is 2.50 bits per heavy atom. The molecule has 2 aromatic heterocycles. The zero-order valence-electron chi connectivity index (χ0n) is 11.9. The molecule has 108 valence electrons. The molecule has 0 aliphatic heterocycles. The third kappa shape index (κ3) is 3.40. The highest BCUT2D eigenvalue weighted by Crippen LogP contribution is 2.25. The summed E-state index contributed by atoms with van der Waals surface area (Å²) in [7, 11) is -3.54. The summed E-state index contributed by atoms with van der Waals surface area (Å²) < 4.78 is 24.5. The Morgan fingerprint density at radius 1 is 1.25 bits per heavy atom. The van der Waals surface area contributed by atoms with E-state index in [1.165, 1.54) is 17.5 Å². The first-order chi connectivity index (χ1) is 9.18. The molecule has 0 amide bonds. The van der Waals surface area contributed by atoms with Crippen molar-refractivity contribution in [3.05, 3.63) is 34.0 Å². The fourth-order valence-electron chi connectivity index (χ4n) is 1.52. The third-order valence-corrected chi connectivity index (χ3v) is 5.12. The van der Waals surface area contributed by atoms with Gasteiger partial charge < -0.3 is 0 Å². The minimum atomic E-state index is -3.54. The number of aryl methyl sites for hydroxylation is 1. The van der Waals surface area contributed by atoms with Gasteiger partial charge in [0, 0.05) is 22.7 Å². The second kappa shape index (κ2) is 5.21. The Hall–Kier alpha value is -1.34. The van der Waals surface area contributed by atoms with E-state index >= 15 is 0 Å². The number of rotatable bonds is 3. The number of sulfone groups is 1. The van der Waals surface area contributed by atoms with Crippen LogP contribution in [0.25, 0.3) is 0 Å². The highest BCUT2D eigenvalue weighted by atomic mass is 32.2. The van der Waals surface area contributed by atoms with Gasteiger partial charge in [0.1, 0.15) is 10.8 Å². The molecule has 2 aromatic rings. The van der Waals surface area contributed by atoms with E-state index in [2.05, 4.69) is 15.0 Å². The van der Waals surface area contributed by atoms with Gasteiger partial charge in [-0.1, -0.05) is 20.8 Å². The predicted octanol–water partition coefficient (Wildman–Crippen LogP) is 2.51. The molecule has 0 aliphatic carbocycles. The fourth-order valence-corrected chi connectivity index (χ4v) is 4.09. The lowest BCUT2D eigenvalue weighted by molar-refractivity contribution is 0.569. The molecule has 0 aliphatic rings. The van der Waals surface area contributed by atoms with Gasteiger partial charge in [0.25, 0.3) is 0 Å². The average molecular weight is 311 g/mol. The molecule has 0 bridgehead atoms. The quantitative estimate of drug-likeness (QED) is 0.814. The van der Waals surface area contributed by atoms with Crippen molar-refractivity contribution in [2.75, 3.05) is 0 Å². The van der Waals surface area contributed by atoms with Crippen LogP contribution in [0.5, 0.6) is 0 Å². The van der Waals surface area contributed by atoms with Crippen LogP contribution in [0, 0.1) is 6.92 Å². The van der Waals surface area contributed by atoms with Crippen molar-refractivity contribution in [1.82, 2.24) is 15.0 Å². The second-order valence-corrected chi connectivity index (χ2v) is 8.44. The topological polar surface area (TPSA) is 72.8 Å². The first-order valence-corrected chi connectivity index (χ1v) is 8.69. The Balaban J connectivity index is 2.27. The molecule has 0 atom stereocenters. The molecule has 0 spiro atoms. The standard InChI is InChI=1S/C13H17N3O2S2/c1-9-5-6-14-12(15-9)20(17,18)8-11-16-10(7-19-11)13(2,3)4/h5-7H,8H2,1-4H3. The van der Waals surface area contributed by atoms with Crippen molar-refractivity contribution in [2.24, 2.45) is 0 Å². The molecule has 7 heteroatoms. The van der Waals surface area contributed by atoms with Gasteiger partial charge in [0.15, 0.2) is 0 Å². The van der Waals surface area contributed by atoms with Crippen molar-refractivity contribution in [3.8, 4) is 0 Å². The van der Waals surface area contributed by atoms with Gasteiger partial charge >= 0.3 is 0 Å². The first-order valence-electron chi connectivity index (χ1n) is 6.16. The van der Waals surface area contributed by atoms with Gasteiger partial charge in [-0.15, -0.1) is 11.3 Å². The van der Waals surface area contributed by atoms with Crippen LogP contribution in [-0.2, 0) is 21.0 Å². The zero-order valence-corrected chi connectivity index (χ0v) is 13.5. The van der Waals surface area contributed by atoms with Crippen molar-refractivity contribution in [1.29, 1.82) is 0 Å². The Morgan fingerprint density at radius 2 is 1.95 bits per heavy atom. The summed E-state index contributed by atoms with van der Waals surface area (Å²) in [5.41, 5.74) is 1.45. The molecular formula is C13H17N3O2S2. The number of thiazole rings is 1. The maximum Gasteiger partial charge on any atom is 0.247 e. The lowest BCUT2D eigenvalue weighted by atomic mass is 9.93. The molecule has 20 heavy (non-hydrogen) atoms. The number of hydrogen-bond donors (Lipinski definition) is 0. The summed E-state index contributed by atoms with van der Waals surface area (Å²) in [5.74, 6) is -0.156. The van der Waals surface area contributed by atoms with Crippen LogP contribution in [0.3, 0.4) is 0 Å². The Bertz CT molecular complexity index is 715. The smallest absolute Gasteiger partial charge is 0.245 e. The zero-order chi connectivity index (χ0) is 15.0. The van der Waals surface area contributed by atoms with Crippen LogP contribution in [0.4, 0.5) is 0 Å². The summed E-state index contributed by atoms with van der Waals surface area (Å²) in [5, 5.41) is 2.34. The molecule has 0 saturated carbocycles. The van der Waals surface area contributed by atoms with Crippen LogP contribution in [-0.4, -0.2) is 23.4 Å². The van der Waals surface area contributed by atoms with Crippen molar-refractivity contribution < 1.29 is 8.42 Å². The number of aromatic nitrogens is 3. The van der Waals surface area contributed by atoms with E-state index in [1.807, 2.05) is 26.2 Å². The molecule has 0 aromatic carbocycles. The van der Waals surface area contributed by atoms with Gasteiger partial charge in [-0.25, -0.2) is 23.4 Å². The van der Waals surface area contributed by atoms with E-state index in [-0.39, 0.29) is 16.3 Å². The molecule has 5 nitrogen and oxygen atoms in total. The van der Waals surface area contributed by atoms with Gasteiger partial charge in [0.05, 0.1) is 5.69 Å². The van der Waals surface area contributed by atoms with Crippen LogP contribution >= 0.6 is 11.3 Å². The lowest BCUT2D eigenvalue weighted by Crippen LogP contribution is -2.13. The summed E-state index contributed by atoms with van der Waals surface area (Å²) in [4.78, 5) is 12.2. The summed E-state index contributed by atoms with van der Waals surface area (Å²) in [6, 6.07) is 1.67. The third-order valence-electron chi connectivity index (χ3n) is 2.68. The number of hydrogen-bond acceptors (Lipinski definition) is 6. The molecule has 2 heterocycles. The molecular weight excluding hydrogens is 294 g/mol. The molecule has 2 rings (SSSR count). The van der Waals surface area contributed by atoms with E-state index in [4.69, 9.17) is 0 Å². The van der Waals surface area contributed by atoms with E-state index < -0.39 is 9.84 Å². The highest BCUT2D eigenvalue weighted by Gasteiger charge is 2.23. The normalized spacial score (nSPS) is 12.6. The monoisotopic (exact) mass is 311 g/mol. The highest BCUT2D eigenvalue weighted by molar-refractivity contribution is 7.90. The summed E-state index contributed by atoms with van der Waals surface area (Å²) in [6.45, 7) is 7.87. The largest absolute Gasteiger partial charge is 0.247 e. The number of nitrogens with zero attached hydrogens (tertiary/aromatic N) is 3. The van der Waals surface area contributed by atoms with Crippen LogP contribution in [0.1, 0.15) is 37.2 Å². The maximum absolute atomic E-state index is 12.3. The SMILES string of the molecule is Cc1ccnc(S(=O)(=O)Cc2nc(C(C)(C)C)cs2)n1. The minimum absolute atomic E-state index is 0.0850. The lowest BCUT2D eigenvalue weighted by Gasteiger charge is -2.14. The molecule has 0 fully saturated rings. The van der Waals surface area contributed by atoms with Crippen molar-refractivity contribution >= 4 is 21.2 Å². The second-order valence-electron chi connectivity index (χ2n) is 5.62. The van der Waals surface area contributed by atoms with Crippen LogP contribution in [0.15, 0.2) is 22.8 Å². The van der Waals surface area contributed by atoms with E-state index in [9.17, 15) is 8.42 Å². The Labute approximate surface area is 123 Å². The minimum Gasteiger partial charge on any atom is -0.245 e. The average Bonchev–Trinajstić information content (AvgIpc) is 2.76. The van der Waals surface area contributed by atoms with Crippen LogP contribution < -0.4 is 0 Å². The van der Waals surface area contributed by atoms with E-state index in [0.717, 1.165) is 5.69 Å². The van der Waals surface area contributed by atoms with Crippen LogP contribution in [0.2, 0.25) is 0 Å². The molecule has 0 radical (unpaired) electrons. The van der Waals surface area contributed by atoms with E-state index in [1.54, 1.807) is 13.0 Å². The van der Waals surface area contributed by atoms with Gasteiger partial charge in [-0.3, -0.25) is 0 Å². The van der Waals surface area contributed by atoms with Gasteiger partial charge in [-0.2, -0.15) is 0 Å². The van der Waals surface area contributed by atoms with Crippen molar-refractivity contribution in [2.45, 2.75) is 44.0 Å². The first kappa shape index (κ1) is 15.1. The summed E-state index contributed by atoms with van der Waals surface area (Å²) >= 11 is 1.36. The van der Waals surface area contributed by atoms with Crippen molar-refractivity contribution in [3.63, 3.8) is 0 Å². The molecule has 0 N–H and O–H groups in total. The van der Waals surface area contributed by atoms with E-state index in [0.29, 0.717) is 10.7 Å². The fraction of sp³-hybridized carbons (Fsp3) is 0.462.